The van der Waals surface area contributed by atoms with Crippen LogP contribution in [0.15, 0.2) is 6.20 Å². The predicted molar refractivity (Wildman–Crippen MR) is 69.1 cm³/mol. The molecule has 5 heteroatoms. The average Bonchev–Trinajstić information content (AvgIpc) is 2.81. The van der Waals surface area contributed by atoms with Crippen LogP contribution in [0.4, 0.5) is 0 Å². The Balaban J connectivity index is 2.02. The molecule has 0 radical (unpaired) electrons. The normalized spacial score (nSPS) is 28.3. The molecule has 0 spiro atoms. The van der Waals surface area contributed by atoms with E-state index in [0.29, 0.717) is 24.7 Å². The molecule has 5 nitrogen and oxygen atoms in total. The fourth-order valence-electron chi connectivity index (χ4n) is 2.65. The minimum atomic E-state index is 0.124. The molecule has 1 heterocycles. The van der Waals surface area contributed by atoms with Crippen molar-refractivity contribution < 1.29 is 4.79 Å². The van der Waals surface area contributed by atoms with Crippen LogP contribution in [-0.2, 0) is 6.54 Å². The fourth-order valence-corrected chi connectivity index (χ4v) is 2.65. The molecule has 1 fully saturated rings. The summed E-state index contributed by atoms with van der Waals surface area (Å²) in [5, 5.41) is 7.88. The largest absolute Gasteiger partial charge is 0.329 e. The Bertz CT molecular complexity index is 415. The third-order valence-electron chi connectivity index (χ3n) is 4.12. The molecule has 1 aromatic rings. The van der Waals surface area contributed by atoms with Crippen LogP contribution in [0, 0.1) is 17.8 Å². The number of carbonyl (C=O) groups is 1. The van der Waals surface area contributed by atoms with Crippen LogP contribution in [0.1, 0.15) is 43.6 Å². The van der Waals surface area contributed by atoms with Crippen molar-refractivity contribution in [2.45, 2.75) is 39.7 Å². The highest BCUT2D eigenvalue weighted by atomic mass is 16.1. The van der Waals surface area contributed by atoms with E-state index in [2.05, 4.69) is 24.2 Å². The summed E-state index contributed by atoms with van der Waals surface area (Å²) in [6.45, 7) is 5.62. The first kappa shape index (κ1) is 13.2. The monoisotopic (exact) mass is 250 g/mol. The SMILES string of the molecule is CC1CCC(C(=O)c2cn(CCN)nn2)CC1C. The number of aromatic nitrogens is 3. The average molecular weight is 250 g/mol. The molecule has 3 unspecified atom stereocenters. The second-order valence-electron chi connectivity index (χ2n) is 5.48. The summed E-state index contributed by atoms with van der Waals surface area (Å²) in [6, 6.07) is 0. The first-order chi connectivity index (χ1) is 8.61. The fraction of sp³-hybridized carbons (Fsp3) is 0.769. The molecular formula is C13H22N4O. The maximum Gasteiger partial charge on any atom is 0.187 e. The summed E-state index contributed by atoms with van der Waals surface area (Å²) >= 11 is 0. The van der Waals surface area contributed by atoms with Gasteiger partial charge in [-0.05, 0) is 31.1 Å². The predicted octanol–water partition coefficient (Wildman–Crippen LogP) is 1.49. The number of nitrogens with zero attached hydrogens (tertiary/aromatic N) is 3. The molecule has 1 aromatic heterocycles. The summed E-state index contributed by atoms with van der Waals surface area (Å²) in [5.41, 5.74) is 5.94. The lowest BCUT2D eigenvalue weighted by Gasteiger charge is -2.30. The van der Waals surface area contributed by atoms with Gasteiger partial charge in [-0.2, -0.15) is 0 Å². The van der Waals surface area contributed by atoms with Crippen LogP contribution in [0.2, 0.25) is 0 Å². The molecule has 0 aromatic carbocycles. The molecule has 100 valence electrons. The van der Waals surface area contributed by atoms with Crippen molar-refractivity contribution in [1.29, 1.82) is 0 Å². The van der Waals surface area contributed by atoms with Crippen molar-refractivity contribution in [3.63, 3.8) is 0 Å². The van der Waals surface area contributed by atoms with Gasteiger partial charge in [0.05, 0.1) is 12.7 Å². The lowest BCUT2D eigenvalue weighted by Crippen LogP contribution is -2.26. The van der Waals surface area contributed by atoms with E-state index in [1.54, 1.807) is 10.9 Å². The standard InChI is InChI=1S/C13H22N4O/c1-9-3-4-11(7-10(9)2)13(18)12-8-17(6-5-14)16-15-12/h8-11H,3-7,14H2,1-2H3. The molecule has 0 amide bonds. The van der Waals surface area contributed by atoms with Crippen molar-refractivity contribution in [3.8, 4) is 0 Å². The molecule has 0 bridgehead atoms. The Hall–Kier alpha value is -1.23. The van der Waals surface area contributed by atoms with Crippen molar-refractivity contribution in [2.24, 2.45) is 23.5 Å². The van der Waals surface area contributed by atoms with E-state index in [-0.39, 0.29) is 11.7 Å². The summed E-state index contributed by atoms with van der Waals surface area (Å²) in [5.74, 6) is 1.62. The zero-order valence-corrected chi connectivity index (χ0v) is 11.2. The third-order valence-corrected chi connectivity index (χ3v) is 4.12. The number of hydrogen-bond acceptors (Lipinski definition) is 4. The van der Waals surface area contributed by atoms with Crippen LogP contribution in [0.5, 0.6) is 0 Å². The summed E-state index contributed by atoms with van der Waals surface area (Å²) in [7, 11) is 0. The summed E-state index contributed by atoms with van der Waals surface area (Å²) in [6.07, 6.45) is 4.81. The van der Waals surface area contributed by atoms with Crippen LogP contribution in [0.3, 0.4) is 0 Å². The van der Waals surface area contributed by atoms with Gasteiger partial charge in [0.25, 0.3) is 0 Å². The van der Waals surface area contributed by atoms with Crippen LogP contribution in [0.25, 0.3) is 0 Å². The highest BCUT2D eigenvalue weighted by Gasteiger charge is 2.30. The summed E-state index contributed by atoms with van der Waals surface area (Å²) < 4.78 is 1.64. The molecule has 1 saturated carbocycles. The Morgan fingerprint density at radius 1 is 1.44 bits per heavy atom. The third kappa shape index (κ3) is 2.77. The number of carbonyl (C=O) groups excluding carboxylic acids is 1. The van der Waals surface area contributed by atoms with Gasteiger partial charge in [0, 0.05) is 12.5 Å². The molecule has 2 N–H and O–H groups in total. The molecule has 1 aliphatic rings. The number of Topliss-reactive ketones (excluding diaryl/α,β-unsaturated/α-hetero) is 1. The number of rotatable bonds is 4. The second kappa shape index (κ2) is 5.61. The topological polar surface area (TPSA) is 73.8 Å². The van der Waals surface area contributed by atoms with Gasteiger partial charge >= 0.3 is 0 Å². The molecule has 0 aliphatic heterocycles. The Morgan fingerprint density at radius 2 is 2.22 bits per heavy atom. The van der Waals surface area contributed by atoms with Crippen LogP contribution >= 0.6 is 0 Å². The van der Waals surface area contributed by atoms with Gasteiger partial charge in [-0.15, -0.1) is 5.10 Å². The zero-order valence-electron chi connectivity index (χ0n) is 11.2. The minimum Gasteiger partial charge on any atom is -0.329 e. The van der Waals surface area contributed by atoms with E-state index in [1.807, 2.05) is 0 Å². The highest BCUT2D eigenvalue weighted by Crippen LogP contribution is 2.34. The van der Waals surface area contributed by atoms with Gasteiger partial charge in [-0.25, -0.2) is 0 Å². The molecular weight excluding hydrogens is 228 g/mol. The van der Waals surface area contributed by atoms with Gasteiger partial charge in [0.1, 0.15) is 5.69 Å². The summed E-state index contributed by atoms with van der Waals surface area (Å²) in [4.78, 5) is 12.3. The first-order valence-corrected chi connectivity index (χ1v) is 6.76. The maximum atomic E-state index is 12.3. The molecule has 0 saturated heterocycles. The maximum absolute atomic E-state index is 12.3. The van der Waals surface area contributed by atoms with Crippen molar-refractivity contribution in [1.82, 2.24) is 15.0 Å². The first-order valence-electron chi connectivity index (χ1n) is 6.76. The lowest BCUT2D eigenvalue weighted by atomic mass is 9.74. The van der Waals surface area contributed by atoms with Crippen LogP contribution < -0.4 is 5.73 Å². The molecule has 3 atom stereocenters. The number of nitrogens with two attached hydrogens (primary N) is 1. The highest BCUT2D eigenvalue weighted by molar-refractivity contribution is 5.95. The van der Waals surface area contributed by atoms with Gasteiger partial charge in [-0.1, -0.05) is 19.1 Å². The molecule has 1 aliphatic carbocycles. The lowest BCUT2D eigenvalue weighted by molar-refractivity contribution is 0.0832. The second-order valence-corrected chi connectivity index (χ2v) is 5.48. The zero-order chi connectivity index (χ0) is 13.1. The minimum absolute atomic E-state index is 0.124. The van der Waals surface area contributed by atoms with E-state index in [9.17, 15) is 4.79 Å². The Morgan fingerprint density at radius 3 is 2.89 bits per heavy atom. The quantitative estimate of drug-likeness (QED) is 0.822. The van der Waals surface area contributed by atoms with E-state index in [4.69, 9.17) is 5.73 Å². The van der Waals surface area contributed by atoms with E-state index >= 15 is 0 Å². The Labute approximate surface area is 108 Å². The molecule has 18 heavy (non-hydrogen) atoms. The van der Waals surface area contributed by atoms with Gasteiger partial charge in [0.2, 0.25) is 0 Å². The van der Waals surface area contributed by atoms with Crippen molar-refractivity contribution in [2.75, 3.05) is 6.54 Å². The van der Waals surface area contributed by atoms with E-state index in [0.717, 1.165) is 25.2 Å². The smallest absolute Gasteiger partial charge is 0.187 e. The van der Waals surface area contributed by atoms with Gasteiger partial charge in [-0.3, -0.25) is 9.48 Å². The van der Waals surface area contributed by atoms with Crippen molar-refractivity contribution in [3.05, 3.63) is 11.9 Å². The van der Waals surface area contributed by atoms with Gasteiger partial charge < -0.3 is 5.73 Å². The number of hydrogen-bond donors (Lipinski definition) is 1. The molecule has 2 rings (SSSR count). The van der Waals surface area contributed by atoms with Crippen LogP contribution in [-0.4, -0.2) is 27.3 Å². The number of ketones is 1. The van der Waals surface area contributed by atoms with E-state index in [1.165, 1.54) is 0 Å². The Kier molecular flexibility index (Phi) is 4.11. The van der Waals surface area contributed by atoms with Gasteiger partial charge in [0.15, 0.2) is 5.78 Å². The van der Waals surface area contributed by atoms with E-state index < -0.39 is 0 Å². The van der Waals surface area contributed by atoms with Crippen molar-refractivity contribution >= 4 is 5.78 Å².